The summed E-state index contributed by atoms with van der Waals surface area (Å²) in [4.78, 5) is 0.307. The van der Waals surface area contributed by atoms with Gasteiger partial charge in [-0.05, 0) is 42.3 Å². The summed E-state index contributed by atoms with van der Waals surface area (Å²) in [7, 11) is 0. The number of aryl methyl sites for hydroxylation is 1. The van der Waals surface area contributed by atoms with Gasteiger partial charge in [0.25, 0.3) is 0 Å². The van der Waals surface area contributed by atoms with Crippen molar-refractivity contribution in [2.45, 2.75) is 13.5 Å². The second-order valence-corrected chi connectivity index (χ2v) is 4.71. The van der Waals surface area contributed by atoms with Crippen LogP contribution >= 0.6 is 12.2 Å². The Labute approximate surface area is 117 Å². The molecule has 3 nitrogen and oxygen atoms in total. The number of benzene rings is 2. The molecule has 0 aromatic heterocycles. The molecule has 0 atom stereocenters. The lowest BCUT2D eigenvalue weighted by Gasteiger charge is -2.11. The standard InChI is InChI=1S/C15H15NO2S/c1-10-2-7-13(15(16)19)14(8-10)18-12-5-3-11(9-17)4-6-12/h2-8,17H,9H2,1H3,(H2,16,19). The summed E-state index contributed by atoms with van der Waals surface area (Å²) < 4.78 is 5.80. The molecular weight excluding hydrogens is 258 g/mol. The van der Waals surface area contributed by atoms with Gasteiger partial charge in [0.2, 0.25) is 0 Å². The highest BCUT2D eigenvalue weighted by Gasteiger charge is 2.08. The number of hydrogen-bond donors (Lipinski definition) is 2. The van der Waals surface area contributed by atoms with E-state index in [4.69, 9.17) is 27.8 Å². The normalized spacial score (nSPS) is 10.2. The maximum atomic E-state index is 9.00. The van der Waals surface area contributed by atoms with E-state index in [2.05, 4.69) is 0 Å². The quantitative estimate of drug-likeness (QED) is 0.841. The van der Waals surface area contributed by atoms with Gasteiger partial charge in [-0.1, -0.05) is 30.4 Å². The predicted octanol–water partition coefficient (Wildman–Crippen LogP) is 2.91. The Hall–Kier alpha value is -1.91. The van der Waals surface area contributed by atoms with Gasteiger partial charge in [-0.25, -0.2) is 0 Å². The molecule has 2 aromatic rings. The van der Waals surface area contributed by atoms with Gasteiger partial charge in [-0.3, -0.25) is 0 Å². The van der Waals surface area contributed by atoms with Gasteiger partial charge in [0.05, 0.1) is 12.2 Å². The first-order chi connectivity index (χ1) is 9.10. The van der Waals surface area contributed by atoms with Crippen molar-refractivity contribution in [2.24, 2.45) is 5.73 Å². The molecule has 0 saturated heterocycles. The molecule has 2 rings (SSSR count). The fourth-order valence-corrected chi connectivity index (χ4v) is 1.88. The summed E-state index contributed by atoms with van der Waals surface area (Å²) in [6.45, 7) is 1.99. The maximum absolute atomic E-state index is 9.00. The SMILES string of the molecule is Cc1ccc(C(N)=S)c(Oc2ccc(CO)cc2)c1. The van der Waals surface area contributed by atoms with E-state index in [1.54, 1.807) is 12.1 Å². The summed E-state index contributed by atoms with van der Waals surface area (Å²) in [5.74, 6) is 1.32. The Morgan fingerprint density at radius 3 is 2.47 bits per heavy atom. The van der Waals surface area contributed by atoms with E-state index < -0.39 is 0 Å². The van der Waals surface area contributed by atoms with Crippen molar-refractivity contribution in [1.82, 2.24) is 0 Å². The van der Waals surface area contributed by atoms with Crippen molar-refractivity contribution in [1.29, 1.82) is 0 Å². The van der Waals surface area contributed by atoms with E-state index in [0.717, 1.165) is 11.1 Å². The molecule has 0 spiro atoms. The van der Waals surface area contributed by atoms with Gasteiger partial charge in [0.1, 0.15) is 16.5 Å². The van der Waals surface area contributed by atoms with Crippen molar-refractivity contribution in [3.8, 4) is 11.5 Å². The minimum absolute atomic E-state index is 0.0167. The lowest BCUT2D eigenvalue weighted by atomic mass is 10.1. The van der Waals surface area contributed by atoms with Crippen LogP contribution in [-0.4, -0.2) is 10.1 Å². The molecule has 0 radical (unpaired) electrons. The monoisotopic (exact) mass is 273 g/mol. The van der Waals surface area contributed by atoms with Crippen molar-refractivity contribution >= 4 is 17.2 Å². The first-order valence-corrected chi connectivity index (χ1v) is 6.29. The molecule has 0 aliphatic heterocycles. The number of hydrogen-bond acceptors (Lipinski definition) is 3. The highest BCUT2D eigenvalue weighted by molar-refractivity contribution is 7.80. The van der Waals surface area contributed by atoms with E-state index in [0.29, 0.717) is 22.1 Å². The molecule has 0 amide bonds. The first kappa shape index (κ1) is 13.5. The third-order valence-corrected chi connectivity index (χ3v) is 2.96. The highest BCUT2D eigenvalue weighted by atomic mass is 32.1. The maximum Gasteiger partial charge on any atom is 0.137 e. The molecule has 19 heavy (non-hydrogen) atoms. The zero-order valence-electron chi connectivity index (χ0n) is 10.6. The van der Waals surface area contributed by atoms with Crippen LogP contribution < -0.4 is 10.5 Å². The smallest absolute Gasteiger partial charge is 0.137 e. The summed E-state index contributed by atoms with van der Waals surface area (Å²) in [5, 5.41) is 9.00. The Kier molecular flexibility index (Phi) is 4.14. The number of nitrogens with two attached hydrogens (primary N) is 1. The number of thiocarbonyl (C=S) groups is 1. The molecule has 0 heterocycles. The van der Waals surface area contributed by atoms with Gasteiger partial charge in [0.15, 0.2) is 0 Å². The van der Waals surface area contributed by atoms with Crippen LogP contribution in [-0.2, 0) is 6.61 Å². The third-order valence-electron chi connectivity index (χ3n) is 2.74. The van der Waals surface area contributed by atoms with Gasteiger partial charge in [-0.15, -0.1) is 0 Å². The molecule has 98 valence electrons. The molecule has 0 aliphatic carbocycles. The van der Waals surface area contributed by atoms with E-state index in [1.165, 1.54) is 0 Å². The molecule has 0 saturated carbocycles. The molecule has 0 fully saturated rings. The van der Waals surface area contributed by atoms with Gasteiger partial charge < -0.3 is 15.6 Å². The average molecular weight is 273 g/mol. The van der Waals surface area contributed by atoms with E-state index in [-0.39, 0.29) is 6.61 Å². The Morgan fingerprint density at radius 1 is 1.21 bits per heavy atom. The Morgan fingerprint density at radius 2 is 1.89 bits per heavy atom. The summed E-state index contributed by atoms with van der Waals surface area (Å²) in [6, 6.07) is 12.9. The van der Waals surface area contributed by atoms with E-state index >= 15 is 0 Å². The fraction of sp³-hybridized carbons (Fsp3) is 0.133. The van der Waals surface area contributed by atoms with Crippen LogP contribution in [0.15, 0.2) is 42.5 Å². The molecule has 0 unspecified atom stereocenters. The molecule has 0 bridgehead atoms. The summed E-state index contributed by atoms with van der Waals surface area (Å²) in [5.41, 5.74) is 8.31. The largest absolute Gasteiger partial charge is 0.457 e. The van der Waals surface area contributed by atoms with Crippen LogP contribution in [0.2, 0.25) is 0 Å². The third kappa shape index (κ3) is 3.30. The lowest BCUT2D eigenvalue weighted by Crippen LogP contribution is -2.10. The van der Waals surface area contributed by atoms with Crippen molar-refractivity contribution in [2.75, 3.05) is 0 Å². The number of aliphatic hydroxyl groups excluding tert-OH is 1. The first-order valence-electron chi connectivity index (χ1n) is 5.88. The Bertz CT molecular complexity index is 594. The van der Waals surface area contributed by atoms with Crippen molar-refractivity contribution in [3.63, 3.8) is 0 Å². The minimum Gasteiger partial charge on any atom is -0.457 e. The highest BCUT2D eigenvalue weighted by Crippen LogP contribution is 2.26. The minimum atomic E-state index is 0.0167. The topological polar surface area (TPSA) is 55.5 Å². The fourth-order valence-electron chi connectivity index (χ4n) is 1.71. The van der Waals surface area contributed by atoms with Crippen LogP contribution in [0.5, 0.6) is 11.5 Å². The number of rotatable bonds is 4. The summed E-state index contributed by atoms with van der Waals surface area (Å²) >= 11 is 5.01. The van der Waals surface area contributed by atoms with Crippen LogP contribution in [0.1, 0.15) is 16.7 Å². The van der Waals surface area contributed by atoms with E-state index in [9.17, 15) is 0 Å². The van der Waals surface area contributed by atoms with Gasteiger partial charge in [0, 0.05) is 0 Å². The number of ether oxygens (including phenoxy) is 1. The molecule has 4 heteroatoms. The lowest BCUT2D eigenvalue weighted by molar-refractivity contribution is 0.281. The molecule has 3 N–H and O–H groups in total. The van der Waals surface area contributed by atoms with Crippen LogP contribution in [0, 0.1) is 6.92 Å². The second kappa shape index (κ2) is 5.82. The van der Waals surface area contributed by atoms with Crippen LogP contribution in [0.4, 0.5) is 0 Å². The van der Waals surface area contributed by atoms with E-state index in [1.807, 2.05) is 37.3 Å². The molecule has 2 aromatic carbocycles. The zero-order chi connectivity index (χ0) is 13.8. The summed E-state index contributed by atoms with van der Waals surface area (Å²) in [6.07, 6.45) is 0. The zero-order valence-corrected chi connectivity index (χ0v) is 11.4. The van der Waals surface area contributed by atoms with Crippen molar-refractivity contribution in [3.05, 3.63) is 59.2 Å². The molecule has 0 aliphatic rings. The van der Waals surface area contributed by atoms with Crippen LogP contribution in [0.3, 0.4) is 0 Å². The van der Waals surface area contributed by atoms with Crippen molar-refractivity contribution < 1.29 is 9.84 Å². The molecular formula is C15H15NO2S. The predicted molar refractivity (Wildman–Crippen MR) is 79.5 cm³/mol. The average Bonchev–Trinajstić information content (AvgIpc) is 2.39. The van der Waals surface area contributed by atoms with Gasteiger partial charge >= 0.3 is 0 Å². The van der Waals surface area contributed by atoms with Gasteiger partial charge in [-0.2, -0.15) is 0 Å². The second-order valence-electron chi connectivity index (χ2n) is 4.27. The van der Waals surface area contributed by atoms with Crippen LogP contribution in [0.25, 0.3) is 0 Å². The Balaban J connectivity index is 2.31. The number of aliphatic hydroxyl groups is 1.